The van der Waals surface area contributed by atoms with Crippen LogP contribution in [-0.2, 0) is 0 Å². The third kappa shape index (κ3) is 1.64. The molecule has 1 aromatic heterocycles. The maximum absolute atomic E-state index is 12.9. The van der Waals surface area contributed by atoms with Crippen LogP contribution in [0.5, 0.6) is 0 Å². The lowest BCUT2D eigenvalue weighted by molar-refractivity contribution is 0.364. The molecule has 0 bridgehead atoms. The van der Waals surface area contributed by atoms with Gasteiger partial charge in [-0.2, -0.15) is 0 Å². The van der Waals surface area contributed by atoms with Gasteiger partial charge in [-0.3, -0.25) is 0 Å². The molecule has 2 nitrogen and oxygen atoms in total. The second kappa shape index (κ2) is 3.32. The van der Waals surface area contributed by atoms with E-state index in [1.807, 2.05) is 24.0 Å². The van der Waals surface area contributed by atoms with Crippen molar-refractivity contribution in [1.29, 1.82) is 0 Å². The first-order valence-corrected chi connectivity index (χ1v) is 4.58. The molecule has 70 valence electrons. The molecular formula is C10H13FN2. The van der Waals surface area contributed by atoms with E-state index in [1.54, 1.807) is 6.20 Å². The zero-order valence-corrected chi connectivity index (χ0v) is 7.70. The number of nitrogens with zero attached hydrogens (tertiary/aromatic N) is 2. The average Bonchev–Trinajstić information content (AvgIpc) is 2.53. The van der Waals surface area contributed by atoms with Gasteiger partial charge in [0.05, 0.1) is 6.54 Å². The van der Waals surface area contributed by atoms with E-state index in [9.17, 15) is 4.39 Å². The van der Waals surface area contributed by atoms with E-state index in [4.69, 9.17) is 0 Å². The fourth-order valence-corrected chi connectivity index (χ4v) is 1.72. The monoisotopic (exact) mass is 180 g/mol. The topological polar surface area (TPSA) is 16.1 Å². The van der Waals surface area contributed by atoms with Crippen molar-refractivity contribution in [2.24, 2.45) is 0 Å². The van der Waals surface area contributed by atoms with Crippen LogP contribution in [0.3, 0.4) is 0 Å². The summed E-state index contributed by atoms with van der Waals surface area (Å²) >= 11 is 0. The zero-order valence-electron chi connectivity index (χ0n) is 7.70. The van der Waals surface area contributed by atoms with E-state index >= 15 is 0 Å². The minimum atomic E-state index is -0.679. The van der Waals surface area contributed by atoms with E-state index in [-0.39, 0.29) is 0 Å². The van der Waals surface area contributed by atoms with Gasteiger partial charge in [-0.1, -0.05) is 6.07 Å². The van der Waals surface area contributed by atoms with Crippen molar-refractivity contribution in [3.8, 4) is 0 Å². The van der Waals surface area contributed by atoms with Crippen molar-refractivity contribution in [2.75, 3.05) is 18.0 Å². The smallest absolute Gasteiger partial charge is 0.131 e. The van der Waals surface area contributed by atoms with Crippen molar-refractivity contribution >= 4 is 5.82 Å². The SMILES string of the molecule is Cc1cccnc1N1CC[C@H](F)C1. The van der Waals surface area contributed by atoms with E-state index < -0.39 is 6.17 Å². The predicted octanol–water partition coefficient (Wildman–Crippen LogP) is 1.94. The Balaban J connectivity index is 2.21. The lowest BCUT2D eigenvalue weighted by Crippen LogP contribution is -2.21. The summed E-state index contributed by atoms with van der Waals surface area (Å²) in [6, 6.07) is 3.91. The van der Waals surface area contributed by atoms with Gasteiger partial charge >= 0.3 is 0 Å². The van der Waals surface area contributed by atoms with Gasteiger partial charge in [0.2, 0.25) is 0 Å². The number of aryl methyl sites for hydroxylation is 1. The number of hydrogen-bond donors (Lipinski definition) is 0. The lowest BCUT2D eigenvalue weighted by Gasteiger charge is -2.17. The van der Waals surface area contributed by atoms with Crippen LogP contribution < -0.4 is 4.90 Å². The molecule has 0 radical (unpaired) electrons. The normalized spacial score (nSPS) is 22.3. The van der Waals surface area contributed by atoms with Crippen LogP contribution in [0.1, 0.15) is 12.0 Å². The third-order valence-corrected chi connectivity index (χ3v) is 2.41. The first-order chi connectivity index (χ1) is 6.27. The molecule has 0 N–H and O–H groups in total. The van der Waals surface area contributed by atoms with Gasteiger partial charge in [0.15, 0.2) is 0 Å². The van der Waals surface area contributed by atoms with Gasteiger partial charge in [-0.15, -0.1) is 0 Å². The van der Waals surface area contributed by atoms with Crippen LogP contribution in [0.25, 0.3) is 0 Å². The second-order valence-electron chi connectivity index (χ2n) is 3.48. The minimum Gasteiger partial charge on any atom is -0.353 e. The Hall–Kier alpha value is -1.12. The van der Waals surface area contributed by atoms with E-state index in [1.165, 1.54) is 0 Å². The summed E-state index contributed by atoms with van der Waals surface area (Å²) in [5.41, 5.74) is 1.12. The van der Waals surface area contributed by atoms with Crippen LogP contribution >= 0.6 is 0 Å². The lowest BCUT2D eigenvalue weighted by atomic mass is 10.3. The molecule has 1 aromatic rings. The van der Waals surface area contributed by atoms with E-state index in [2.05, 4.69) is 4.98 Å². The van der Waals surface area contributed by atoms with Crippen LogP contribution in [-0.4, -0.2) is 24.2 Å². The first-order valence-electron chi connectivity index (χ1n) is 4.58. The number of rotatable bonds is 1. The maximum atomic E-state index is 12.9. The first kappa shape index (κ1) is 8.48. The summed E-state index contributed by atoms with van der Waals surface area (Å²) in [4.78, 5) is 6.27. The fourth-order valence-electron chi connectivity index (χ4n) is 1.72. The zero-order chi connectivity index (χ0) is 9.26. The Morgan fingerprint density at radius 3 is 3.08 bits per heavy atom. The van der Waals surface area contributed by atoms with Gasteiger partial charge in [-0.25, -0.2) is 9.37 Å². The predicted molar refractivity (Wildman–Crippen MR) is 50.7 cm³/mol. The molecule has 3 heteroatoms. The Labute approximate surface area is 77.4 Å². The molecule has 2 rings (SSSR count). The number of anilines is 1. The van der Waals surface area contributed by atoms with Crippen molar-refractivity contribution in [2.45, 2.75) is 19.5 Å². The molecule has 0 saturated carbocycles. The number of pyridine rings is 1. The Kier molecular flexibility index (Phi) is 2.17. The molecule has 0 unspecified atom stereocenters. The Bertz CT molecular complexity index is 301. The summed E-state index contributed by atoms with van der Waals surface area (Å²) in [6.45, 7) is 3.30. The third-order valence-electron chi connectivity index (χ3n) is 2.41. The largest absolute Gasteiger partial charge is 0.353 e. The quantitative estimate of drug-likeness (QED) is 0.656. The van der Waals surface area contributed by atoms with Crippen molar-refractivity contribution in [3.05, 3.63) is 23.9 Å². The summed E-state index contributed by atoms with van der Waals surface area (Å²) in [6.07, 6.45) is 1.71. The molecule has 0 aromatic carbocycles. The Morgan fingerprint density at radius 2 is 2.46 bits per heavy atom. The summed E-state index contributed by atoms with van der Waals surface area (Å²) < 4.78 is 12.9. The molecule has 13 heavy (non-hydrogen) atoms. The molecule has 1 saturated heterocycles. The molecule has 1 fully saturated rings. The highest BCUT2D eigenvalue weighted by atomic mass is 19.1. The van der Waals surface area contributed by atoms with Crippen molar-refractivity contribution in [1.82, 2.24) is 4.98 Å². The minimum absolute atomic E-state index is 0.498. The molecule has 0 amide bonds. The van der Waals surface area contributed by atoms with Crippen molar-refractivity contribution in [3.63, 3.8) is 0 Å². The summed E-state index contributed by atoms with van der Waals surface area (Å²) in [5, 5.41) is 0. The highest BCUT2D eigenvalue weighted by Gasteiger charge is 2.23. The number of aromatic nitrogens is 1. The highest BCUT2D eigenvalue weighted by molar-refractivity contribution is 5.46. The highest BCUT2D eigenvalue weighted by Crippen LogP contribution is 2.22. The summed E-state index contributed by atoms with van der Waals surface area (Å²) in [5.74, 6) is 0.933. The molecular weight excluding hydrogens is 167 g/mol. The van der Waals surface area contributed by atoms with Crippen LogP contribution in [0.15, 0.2) is 18.3 Å². The molecule has 1 aliphatic heterocycles. The van der Waals surface area contributed by atoms with Gasteiger partial charge < -0.3 is 4.90 Å². The van der Waals surface area contributed by atoms with Gasteiger partial charge in [0.25, 0.3) is 0 Å². The van der Waals surface area contributed by atoms with Gasteiger partial charge in [-0.05, 0) is 25.0 Å². The number of halogens is 1. The van der Waals surface area contributed by atoms with E-state index in [0.29, 0.717) is 13.0 Å². The van der Waals surface area contributed by atoms with Crippen LogP contribution in [0, 0.1) is 6.92 Å². The maximum Gasteiger partial charge on any atom is 0.131 e. The summed E-state index contributed by atoms with van der Waals surface area (Å²) in [7, 11) is 0. The van der Waals surface area contributed by atoms with Gasteiger partial charge in [0.1, 0.15) is 12.0 Å². The standard InChI is InChI=1S/C10H13FN2/c1-8-3-2-5-12-10(8)13-6-4-9(11)7-13/h2-3,5,9H,4,6-7H2,1H3/t9-/m0/s1. The molecule has 1 aliphatic rings. The van der Waals surface area contributed by atoms with Crippen LogP contribution in [0.4, 0.5) is 10.2 Å². The second-order valence-corrected chi connectivity index (χ2v) is 3.48. The Morgan fingerprint density at radius 1 is 1.62 bits per heavy atom. The molecule has 2 heterocycles. The molecule has 0 spiro atoms. The molecule has 0 aliphatic carbocycles. The van der Waals surface area contributed by atoms with Gasteiger partial charge in [0, 0.05) is 12.7 Å². The number of hydrogen-bond acceptors (Lipinski definition) is 2. The van der Waals surface area contributed by atoms with Crippen LogP contribution in [0.2, 0.25) is 0 Å². The fraction of sp³-hybridized carbons (Fsp3) is 0.500. The number of alkyl halides is 1. The van der Waals surface area contributed by atoms with Crippen molar-refractivity contribution < 1.29 is 4.39 Å². The van der Waals surface area contributed by atoms with E-state index in [0.717, 1.165) is 17.9 Å². The molecule has 1 atom stereocenters. The average molecular weight is 180 g/mol.